The Bertz CT molecular complexity index is 873. The van der Waals surface area contributed by atoms with Gasteiger partial charge in [0.1, 0.15) is 0 Å². The Hall–Kier alpha value is -2.92. The van der Waals surface area contributed by atoms with Crippen LogP contribution in [0.1, 0.15) is 27.5 Å². The normalized spacial score (nSPS) is 19.0. The van der Waals surface area contributed by atoms with Crippen molar-refractivity contribution in [3.63, 3.8) is 0 Å². The molecule has 1 aliphatic carbocycles. The number of carbonyl (C=O) groups excluding carboxylic acids is 1. The van der Waals surface area contributed by atoms with Crippen LogP contribution in [0.5, 0.6) is 0 Å². The highest BCUT2D eigenvalue weighted by molar-refractivity contribution is 5.94. The van der Waals surface area contributed by atoms with Crippen molar-refractivity contribution in [1.29, 1.82) is 0 Å². The number of para-hydroxylation sites is 1. The molecule has 120 valence electrons. The first-order chi connectivity index (χ1) is 11.7. The van der Waals surface area contributed by atoms with Crippen LogP contribution < -0.4 is 5.32 Å². The number of nitrogens with zero attached hydrogens (tertiary/aromatic N) is 2. The molecule has 1 heterocycles. The second kappa shape index (κ2) is 5.94. The molecule has 2 aromatic carbocycles. The lowest BCUT2D eigenvalue weighted by Crippen LogP contribution is -2.33. The molecule has 0 bridgehead atoms. The van der Waals surface area contributed by atoms with E-state index < -0.39 is 6.10 Å². The molecule has 2 unspecified atom stereocenters. The fourth-order valence-corrected chi connectivity index (χ4v) is 3.13. The van der Waals surface area contributed by atoms with Crippen LogP contribution in [0.25, 0.3) is 5.69 Å². The maximum absolute atomic E-state index is 12.5. The van der Waals surface area contributed by atoms with Gasteiger partial charge in [0, 0.05) is 12.6 Å². The molecule has 4 rings (SSSR count). The standard InChI is InChI=1S/C19H17N3O2/c23-17-10-13-6-4-5-9-16(13)18(17)21-19(24)14-11-20-22(12-14)15-7-2-1-3-8-15/h1-9,11-12,17-18,23H,10H2,(H,21,24). The Morgan fingerprint density at radius 3 is 2.71 bits per heavy atom. The molecule has 1 aliphatic rings. The minimum atomic E-state index is -0.601. The number of carbonyl (C=O) groups is 1. The summed E-state index contributed by atoms with van der Waals surface area (Å²) in [5.74, 6) is -0.238. The lowest BCUT2D eigenvalue weighted by atomic mass is 10.1. The zero-order valence-corrected chi connectivity index (χ0v) is 13.0. The van der Waals surface area contributed by atoms with Crippen LogP contribution in [-0.2, 0) is 6.42 Å². The van der Waals surface area contributed by atoms with Crippen LogP contribution in [0.2, 0.25) is 0 Å². The van der Waals surface area contributed by atoms with Gasteiger partial charge in [-0.3, -0.25) is 4.79 Å². The third-order valence-corrected chi connectivity index (χ3v) is 4.36. The highest BCUT2D eigenvalue weighted by atomic mass is 16.3. The van der Waals surface area contributed by atoms with E-state index in [-0.39, 0.29) is 11.9 Å². The lowest BCUT2D eigenvalue weighted by molar-refractivity contribution is 0.0858. The molecule has 2 N–H and O–H groups in total. The number of hydrogen-bond acceptors (Lipinski definition) is 3. The Balaban J connectivity index is 1.54. The number of aliphatic hydroxyl groups is 1. The second-order valence-electron chi connectivity index (χ2n) is 5.93. The summed E-state index contributed by atoms with van der Waals surface area (Å²) in [6.07, 6.45) is 3.19. The van der Waals surface area contributed by atoms with Crippen LogP contribution in [0.3, 0.4) is 0 Å². The van der Waals surface area contributed by atoms with Crippen molar-refractivity contribution in [2.45, 2.75) is 18.6 Å². The maximum atomic E-state index is 12.5. The Kier molecular flexibility index (Phi) is 3.63. The summed E-state index contributed by atoms with van der Waals surface area (Å²) in [7, 11) is 0. The van der Waals surface area contributed by atoms with E-state index in [4.69, 9.17) is 0 Å². The van der Waals surface area contributed by atoms with Gasteiger partial charge >= 0.3 is 0 Å². The smallest absolute Gasteiger partial charge is 0.255 e. The van der Waals surface area contributed by atoms with Crippen LogP contribution in [0.15, 0.2) is 67.0 Å². The Labute approximate surface area is 139 Å². The molecule has 2 atom stereocenters. The van der Waals surface area contributed by atoms with Gasteiger partial charge in [-0.15, -0.1) is 0 Å². The third kappa shape index (κ3) is 2.59. The number of aliphatic hydroxyl groups excluding tert-OH is 1. The summed E-state index contributed by atoms with van der Waals surface area (Å²) in [5.41, 5.74) is 3.42. The van der Waals surface area contributed by atoms with Gasteiger partial charge in [0.15, 0.2) is 0 Å². The van der Waals surface area contributed by atoms with Crippen molar-refractivity contribution >= 4 is 5.91 Å². The van der Waals surface area contributed by atoms with Crippen molar-refractivity contribution in [3.05, 3.63) is 83.7 Å². The summed E-state index contributed by atoms with van der Waals surface area (Å²) in [6.45, 7) is 0. The highest BCUT2D eigenvalue weighted by Crippen LogP contribution is 2.31. The van der Waals surface area contributed by atoms with Crippen LogP contribution in [-0.4, -0.2) is 26.9 Å². The van der Waals surface area contributed by atoms with Gasteiger partial charge < -0.3 is 10.4 Å². The summed E-state index contributed by atoms with van der Waals surface area (Å²) in [6, 6.07) is 17.0. The first-order valence-corrected chi connectivity index (χ1v) is 7.89. The highest BCUT2D eigenvalue weighted by Gasteiger charge is 2.32. The van der Waals surface area contributed by atoms with E-state index in [2.05, 4.69) is 10.4 Å². The summed E-state index contributed by atoms with van der Waals surface area (Å²) >= 11 is 0. The van der Waals surface area contributed by atoms with Gasteiger partial charge in [-0.2, -0.15) is 5.10 Å². The molecule has 0 fully saturated rings. The number of fused-ring (bicyclic) bond motifs is 1. The van der Waals surface area contributed by atoms with E-state index in [1.54, 1.807) is 10.9 Å². The van der Waals surface area contributed by atoms with Gasteiger partial charge in [-0.25, -0.2) is 4.68 Å². The van der Waals surface area contributed by atoms with Gasteiger partial charge in [0.25, 0.3) is 5.91 Å². The van der Waals surface area contributed by atoms with Crippen molar-refractivity contribution in [1.82, 2.24) is 15.1 Å². The summed E-state index contributed by atoms with van der Waals surface area (Å²) < 4.78 is 1.66. The Morgan fingerprint density at radius 1 is 1.12 bits per heavy atom. The summed E-state index contributed by atoms with van der Waals surface area (Å²) in [4.78, 5) is 12.5. The molecule has 0 radical (unpaired) electrons. The quantitative estimate of drug-likeness (QED) is 0.778. The molecule has 0 aliphatic heterocycles. The van der Waals surface area contributed by atoms with E-state index in [1.165, 1.54) is 6.20 Å². The number of aromatic nitrogens is 2. The lowest BCUT2D eigenvalue weighted by Gasteiger charge is -2.17. The number of amides is 1. The molecular formula is C19H17N3O2. The SMILES string of the molecule is O=C(NC1c2ccccc2CC1O)c1cnn(-c2ccccc2)c1. The molecule has 0 saturated carbocycles. The van der Waals surface area contributed by atoms with Crippen LogP contribution >= 0.6 is 0 Å². The average molecular weight is 319 g/mol. The largest absolute Gasteiger partial charge is 0.390 e. The van der Waals surface area contributed by atoms with Gasteiger partial charge in [0.05, 0.1) is 29.6 Å². The van der Waals surface area contributed by atoms with Crippen molar-refractivity contribution in [2.24, 2.45) is 0 Å². The Morgan fingerprint density at radius 2 is 1.88 bits per heavy atom. The van der Waals surface area contributed by atoms with E-state index in [0.717, 1.165) is 16.8 Å². The monoisotopic (exact) mass is 319 g/mol. The molecule has 5 heteroatoms. The summed E-state index contributed by atoms with van der Waals surface area (Å²) in [5, 5.41) is 17.4. The van der Waals surface area contributed by atoms with Gasteiger partial charge in [-0.1, -0.05) is 42.5 Å². The molecular weight excluding hydrogens is 302 g/mol. The first-order valence-electron chi connectivity index (χ1n) is 7.89. The van der Waals surface area contributed by atoms with Crippen molar-refractivity contribution in [3.8, 4) is 5.69 Å². The number of hydrogen-bond donors (Lipinski definition) is 2. The zero-order chi connectivity index (χ0) is 16.5. The fourth-order valence-electron chi connectivity index (χ4n) is 3.13. The molecule has 24 heavy (non-hydrogen) atoms. The molecule has 3 aromatic rings. The van der Waals surface area contributed by atoms with E-state index in [1.807, 2.05) is 54.6 Å². The van der Waals surface area contributed by atoms with Crippen molar-refractivity contribution in [2.75, 3.05) is 0 Å². The minimum Gasteiger partial charge on any atom is -0.390 e. The third-order valence-electron chi connectivity index (χ3n) is 4.36. The average Bonchev–Trinajstić information content (AvgIpc) is 3.21. The maximum Gasteiger partial charge on any atom is 0.255 e. The number of nitrogens with one attached hydrogen (secondary N) is 1. The van der Waals surface area contributed by atoms with Gasteiger partial charge in [-0.05, 0) is 23.3 Å². The van der Waals surface area contributed by atoms with Gasteiger partial charge in [0.2, 0.25) is 0 Å². The number of benzene rings is 2. The molecule has 1 aromatic heterocycles. The van der Waals surface area contributed by atoms with Crippen LogP contribution in [0, 0.1) is 0 Å². The second-order valence-corrected chi connectivity index (χ2v) is 5.93. The van der Waals surface area contributed by atoms with E-state index in [0.29, 0.717) is 12.0 Å². The molecule has 5 nitrogen and oxygen atoms in total. The van der Waals surface area contributed by atoms with Crippen molar-refractivity contribution < 1.29 is 9.90 Å². The van der Waals surface area contributed by atoms with Crippen LogP contribution in [0.4, 0.5) is 0 Å². The first kappa shape index (κ1) is 14.7. The molecule has 0 spiro atoms. The topological polar surface area (TPSA) is 67.2 Å². The predicted molar refractivity (Wildman–Crippen MR) is 89.9 cm³/mol. The predicted octanol–water partition coefficient (Wildman–Crippen LogP) is 2.26. The minimum absolute atomic E-state index is 0.238. The zero-order valence-electron chi connectivity index (χ0n) is 13.0. The molecule has 0 saturated heterocycles. The van der Waals surface area contributed by atoms with E-state index >= 15 is 0 Å². The molecule has 1 amide bonds. The van der Waals surface area contributed by atoms with E-state index in [9.17, 15) is 9.90 Å². The fraction of sp³-hybridized carbons (Fsp3) is 0.158. The number of rotatable bonds is 3.